The van der Waals surface area contributed by atoms with E-state index in [9.17, 15) is 23.1 Å². The molecule has 0 aliphatic carbocycles. The van der Waals surface area contributed by atoms with Crippen LogP contribution in [0.25, 0.3) is 11.0 Å². The number of piperidine rings is 1. The lowest BCUT2D eigenvalue weighted by Gasteiger charge is -2.30. The second-order valence-corrected chi connectivity index (χ2v) is 9.59. The molecule has 0 saturated carbocycles. The Balaban J connectivity index is 1.80. The van der Waals surface area contributed by atoms with Crippen molar-refractivity contribution in [2.75, 3.05) is 13.1 Å². The van der Waals surface area contributed by atoms with E-state index in [0.29, 0.717) is 37.0 Å². The molecule has 9 heteroatoms. The number of aryl methyl sites for hydroxylation is 1. The van der Waals surface area contributed by atoms with Gasteiger partial charge in [0.25, 0.3) is 10.0 Å². The lowest BCUT2D eigenvalue weighted by molar-refractivity contribution is 0.125. The Bertz CT molecular complexity index is 1270. The minimum Gasteiger partial charge on any atom is -0.465 e. The summed E-state index contributed by atoms with van der Waals surface area (Å²) >= 11 is 0. The molecule has 8 nitrogen and oxygen atoms in total. The fourth-order valence-electron chi connectivity index (χ4n) is 4.27. The number of fused-ring (bicyclic) bond motifs is 1. The number of nitrogens with zero attached hydrogens (tertiary/aromatic N) is 3. The van der Waals surface area contributed by atoms with Gasteiger partial charge in [-0.2, -0.15) is 3.97 Å². The summed E-state index contributed by atoms with van der Waals surface area (Å²) in [7, 11) is -4.09. The number of imidazole rings is 1. The zero-order valence-corrected chi connectivity index (χ0v) is 18.1. The van der Waals surface area contributed by atoms with Crippen LogP contribution in [-0.4, -0.2) is 46.1 Å². The minimum atomic E-state index is -4.09. The normalized spacial score (nSPS) is 15.5. The first-order valence-electron chi connectivity index (χ1n) is 10.4. The van der Waals surface area contributed by atoms with Gasteiger partial charge in [0.05, 0.1) is 15.9 Å². The number of benzene rings is 2. The smallest absolute Gasteiger partial charge is 0.407 e. The zero-order valence-electron chi connectivity index (χ0n) is 17.3. The van der Waals surface area contributed by atoms with Gasteiger partial charge < -0.3 is 10.0 Å². The summed E-state index contributed by atoms with van der Waals surface area (Å²) in [5.41, 5.74) is 1.28. The van der Waals surface area contributed by atoms with Crippen molar-refractivity contribution >= 4 is 27.1 Å². The van der Waals surface area contributed by atoms with Gasteiger partial charge in [-0.1, -0.05) is 37.6 Å². The Morgan fingerprint density at radius 1 is 1.03 bits per heavy atom. The molecular formula is C22H25N3O5S. The van der Waals surface area contributed by atoms with E-state index >= 15 is 0 Å². The molecule has 4 rings (SSSR count). The van der Waals surface area contributed by atoms with Crippen molar-refractivity contribution in [3.63, 3.8) is 0 Å². The van der Waals surface area contributed by atoms with E-state index in [2.05, 4.69) is 6.92 Å². The van der Waals surface area contributed by atoms with Crippen molar-refractivity contribution in [1.82, 2.24) is 13.4 Å². The Morgan fingerprint density at radius 3 is 2.23 bits per heavy atom. The summed E-state index contributed by atoms with van der Waals surface area (Å²) in [5.74, 6) is 0. The van der Waals surface area contributed by atoms with E-state index in [1.165, 1.54) is 9.47 Å². The van der Waals surface area contributed by atoms with Gasteiger partial charge in [-0.05, 0) is 49.1 Å². The third-order valence-corrected chi connectivity index (χ3v) is 7.54. The van der Waals surface area contributed by atoms with Crippen LogP contribution in [0.5, 0.6) is 0 Å². The minimum absolute atomic E-state index is 0.0676. The molecule has 1 aliphatic heterocycles. The number of para-hydroxylation sites is 2. The van der Waals surface area contributed by atoms with Gasteiger partial charge in [0, 0.05) is 19.1 Å². The summed E-state index contributed by atoms with van der Waals surface area (Å²) in [6.07, 6.45) is 1.73. The average molecular weight is 444 g/mol. The third-order valence-electron chi connectivity index (χ3n) is 5.84. The van der Waals surface area contributed by atoms with Gasteiger partial charge in [0.1, 0.15) is 0 Å². The largest absolute Gasteiger partial charge is 0.465 e. The highest BCUT2D eigenvalue weighted by atomic mass is 32.2. The number of hydrogen-bond acceptors (Lipinski definition) is 4. The van der Waals surface area contributed by atoms with Crippen molar-refractivity contribution in [2.24, 2.45) is 0 Å². The Morgan fingerprint density at radius 2 is 1.65 bits per heavy atom. The van der Waals surface area contributed by atoms with E-state index in [1.54, 1.807) is 48.5 Å². The molecule has 1 aliphatic rings. The first-order chi connectivity index (χ1) is 14.8. The lowest BCUT2D eigenvalue weighted by Crippen LogP contribution is -2.40. The third kappa shape index (κ3) is 3.74. The monoisotopic (exact) mass is 443 g/mol. The van der Waals surface area contributed by atoms with Crippen molar-refractivity contribution in [2.45, 2.75) is 43.5 Å². The fourth-order valence-corrected chi connectivity index (χ4v) is 5.66. The van der Waals surface area contributed by atoms with Crippen LogP contribution in [-0.2, 0) is 16.4 Å². The highest BCUT2D eigenvalue weighted by Crippen LogP contribution is 2.27. The molecule has 164 valence electrons. The number of rotatable bonds is 5. The molecule has 1 aromatic heterocycles. The summed E-state index contributed by atoms with van der Waals surface area (Å²) in [4.78, 5) is 26.0. The highest BCUT2D eigenvalue weighted by Gasteiger charge is 2.30. The quantitative estimate of drug-likeness (QED) is 0.652. The summed E-state index contributed by atoms with van der Waals surface area (Å²) < 4.78 is 29.3. The summed E-state index contributed by atoms with van der Waals surface area (Å²) in [6, 6.07) is 13.2. The molecule has 1 fully saturated rings. The molecular weight excluding hydrogens is 418 g/mol. The van der Waals surface area contributed by atoms with Crippen LogP contribution in [0.1, 0.15) is 37.8 Å². The maximum Gasteiger partial charge on any atom is 0.407 e. The standard InChI is InChI=1S/C22H25N3O5S/c1-2-5-16-8-10-18(11-9-16)31(29,30)25-20-7-4-3-6-19(20)24(21(25)26)17-12-14-23(15-13-17)22(27)28/h3-4,6-11,17H,2,5,12-15H2,1H3,(H,27,28). The first kappa shape index (κ1) is 21.2. The first-order valence-corrected chi connectivity index (χ1v) is 11.8. The molecule has 1 amide bonds. The number of aromatic nitrogens is 2. The Hall–Kier alpha value is -3.07. The van der Waals surface area contributed by atoms with E-state index in [0.717, 1.165) is 22.4 Å². The lowest BCUT2D eigenvalue weighted by atomic mass is 10.1. The molecule has 31 heavy (non-hydrogen) atoms. The molecule has 0 unspecified atom stereocenters. The maximum absolute atomic E-state index is 13.4. The SMILES string of the molecule is CCCc1ccc(S(=O)(=O)n2c(=O)n(C3CCN(C(=O)O)CC3)c3ccccc32)cc1. The number of likely N-dealkylation sites (tertiary alicyclic amines) is 1. The molecule has 0 spiro atoms. The average Bonchev–Trinajstić information content (AvgIpc) is 3.07. The van der Waals surface area contributed by atoms with Crippen LogP contribution >= 0.6 is 0 Å². The second kappa shape index (κ2) is 8.22. The zero-order chi connectivity index (χ0) is 22.2. The van der Waals surface area contributed by atoms with Crippen LogP contribution in [0.3, 0.4) is 0 Å². The number of carbonyl (C=O) groups is 1. The number of carboxylic acid groups (broad SMARTS) is 1. The Labute approximate surface area is 180 Å². The van der Waals surface area contributed by atoms with Gasteiger partial charge in [-0.15, -0.1) is 0 Å². The van der Waals surface area contributed by atoms with Crippen LogP contribution in [0.4, 0.5) is 4.79 Å². The van der Waals surface area contributed by atoms with Crippen LogP contribution in [0.15, 0.2) is 58.2 Å². The van der Waals surface area contributed by atoms with E-state index in [1.807, 2.05) is 0 Å². The molecule has 1 N–H and O–H groups in total. The van der Waals surface area contributed by atoms with Crippen LogP contribution in [0, 0.1) is 0 Å². The predicted octanol–water partition coefficient (Wildman–Crippen LogP) is 3.31. The predicted molar refractivity (Wildman–Crippen MR) is 117 cm³/mol. The molecule has 0 bridgehead atoms. The molecule has 3 aromatic rings. The Kier molecular flexibility index (Phi) is 5.62. The molecule has 1 saturated heterocycles. The van der Waals surface area contributed by atoms with Gasteiger partial charge in [-0.25, -0.2) is 18.0 Å². The molecule has 2 heterocycles. The van der Waals surface area contributed by atoms with Gasteiger partial charge in [-0.3, -0.25) is 4.57 Å². The second-order valence-electron chi connectivity index (χ2n) is 7.81. The highest BCUT2D eigenvalue weighted by molar-refractivity contribution is 7.90. The summed E-state index contributed by atoms with van der Waals surface area (Å²) in [5, 5.41) is 9.19. The van der Waals surface area contributed by atoms with Crippen molar-refractivity contribution in [1.29, 1.82) is 0 Å². The van der Waals surface area contributed by atoms with Crippen molar-refractivity contribution < 1.29 is 18.3 Å². The van der Waals surface area contributed by atoms with Crippen LogP contribution in [0.2, 0.25) is 0 Å². The maximum atomic E-state index is 13.4. The summed E-state index contributed by atoms with van der Waals surface area (Å²) in [6.45, 7) is 2.66. The van der Waals surface area contributed by atoms with Crippen LogP contribution < -0.4 is 5.69 Å². The van der Waals surface area contributed by atoms with Crippen molar-refractivity contribution in [3.05, 3.63) is 64.6 Å². The number of amides is 1. The van der Waals surface area contributed by atoms with Gasteiger partial charge in [0.2, 0.25) is 0 Å². The topological polar surface area (TPSA) is 102 Å². The van der Waals surface area contributed by atoms with E-state index in [4.69, 9.17) is 0 Å². The fraction of sp³-hybridized carbons (Fsp3) is 0.364. The van der Waals surface area contributed by atoms with Crippen molar-refractivity contribution in [3.8, 4) is 0 Å². The van der Waals surface area contributed by atoms with Gasteiger partial charge in [0.15, 0.2) is 0 Å². The molecule has 0 atom stereocenters. The molecule has 0 radical (unpaired) electrons. The number of hydrogen-bond donors (Lipinski definition) is 1. The van der Waals surface area contributed by atoms with E-state index < -0.39 is 21.8 Å². The van der Waals surface area contributed by atoms with E-state index in [-0.39, 0.29) is 10.9 Å². The molecule has 2 aromatic carbocycles. The van der Waals surface area contributed by atoms with Gasteiger partial charge >= 0.3 is 11.8 Å².